The average Bonchev–Trinajstić information content (AvgIpc) is 2.62. The fraction of sp³-hybridized carbons (Fsp3) is 0.200. The molecule has 0 bridgehead atoms. The van der Waals surface area contributed by atoms with Crippen molar-refractivity contribution in [3.8, 4) is 11.3 Å². The number of nitrogen functional groups attached to an aromatic ring is 1. The largest absolute Gasteiger partial charge is 0.383 e. The average molecular weight is 203 g/mol. The maximum absolute atomic E-state index is 5.81. The van der Waals surface area contributed by atoms with E-state index in [0.29, 0.717) is 5.82 Å². The second-order valence-corrected chi connectivity index (χ2v) is 3.11. The Bertz CT molecular complexity index is 434. The normalized spacial score (nSPS) is 10.2. The number of hydrogen-bond donors (Lipinski definition) is 3. The lowest BCUT2D eigenvalue weighted by atomic mass is 10.2. The van der Waals surface area contributed by atoms with E-state index in [1.807, 2.05) is 25.1 Å². The van der Waals surface area contributed by atoms with Crippen molar-refractivity contribution < 1.29 is 0 Å². The molecule has 0 fully saturated rings. The highest BCUT2D eigenvalue weighted by Gasteiger charge is 2.12. The number of rotatable bonds is 3. The van der Waals surface area contributed by atoms with Gasteiger partial charge >= 0.3 is 0 Å². The van der Waals surface area contributed by atoms with Crippen LogP contribution in [0.3, 0.4) is 0 Å². The molecule has 0 unspecified atom stereocenters. The van der Waals surface area contributed by atoms with E-state index >= 15 is 0 Å². The molecule has 2 aromatic rings. The van der Waals surface area contributed by atoms with Gasteiger partial charge in [-0.05, 0) is 19.1 Å². The minimum Gasteiger partial charge on any atom is -0.383 e. The molecule has 2 aromatic heterocycles. The van der Waals surface area contributed by atoms with E-state index in [9.17, 15) is 0 Å². The van der Waals surface area contributed by atoms with Crippen molar-refractivity contribution in [2.24, 2.45) is 0 Å². The topological polar surface area (TPSA) is 79.6 Å². The van der Waals surface area contributed by atoms with Gasteiger partial charge in [-0.15, -0.1) is 0 Å². The quantitative estimate of drug-likeness (QED) is 0.706. The third-order valence-corrected chi connectivity index (χ3v) is 2.06. The van der Waals surface area contributed by atoms with E-state index < -0.39 is 0 Å². The number of nitrogens with two attached hydrogens (primary N) is 1. The SMILES string of the molecule is CCNc1n[nH]c(N)c1-c1ccccn1. The summed E-state index contributed by atoms with van der Waals surface area (Å²) in [5.74, 6) is 1.28. The molecule has 0 saturated heterocycles. The van der Waals surface area contributed by atoms with Gasteiger partial charge in [-0.1, -0.05) is 6.07 Å². The van der Waals surface area contributed by atoms with Gasteiger partial charge in [-0.3, -0.25) is 10.1 Å². The van der Waals surface area contributed by atoms with Crippen molar-refractivity contribution in [1.29, 1.82) is 0 Å². The standard InChI is InChI=1S/C10H13N5/c1-2-12-10-8(9(11)14-15-10)7-5-3-4-6-13-7/h3-6H,2H2,1H3,(H4,11,12,14,15). The highest BCUT2D eigenvalue weighted by atomic mass is 15.2. The Morgan fingerprint density at radius 3 is 3.00 bits per heavy atom. The zero-order chi connectivity index (χ0) is 10.7. The number of pyridine rings is 1. The van der Waals surface area contributed by atoms with Crippen LogP contribution in [-0.4, -0.2) is 21.7 Å². The molecule has 0 aliphatic heterocycles. The lowest BCUT2D eigenvalue weighted by molar-refractivity contribution is 1.07. The van der Waals surface area contributed by atoms with E-state index in [-0.39, 0.29) is 0 Å². The van der Waals surface area contributed by atoms with Crippen molar-refractivity contribution in [2.75, 3.05) is 17.6 Å². The third kappa shape index (κ3) is 1.76. The number of hydrogen-bond acceptors (Lipinski definition) is 4. The van der Waals surface area contributed by atoms with Gasteiger partial charge in [0.05, 0.1) is 11.3 Å². The van der Waals surface area contributed by atoms with Crippen molar-refractivity contribution >= 4 is 11.6 Å². The Hall–Kier alpha value is -2.04. The van der Waals surface area contributed by atoms with Crippen LogP contribution in [-0.2, 0) is 0 Å². The fourth-order valence-electron chi connectivity index (χ4n) is 1.42. The second kappa shape index (κ2) is 4.00. The van der Waals surface area contributed by atoms with Crippen LogP contribution < -0.4 is 11.1 Å². The molecule has 0 atom stereocenters. The van der Waals surface area contributed by atoms with E-state index in [4.69, 9.17) is 5.73 Å². The summed E-state index contributed by atoms with van der Waals surface area (Å²) < 4.78 is 0. The molecular weight excluding hydrogens is 190 g/mol. The van der Waals surface area contributed by atoms with Gasteiger partial charge < -0.3 is 11.1 Å². The van der Waals surface area contributed by atoms with Gasteiger partial charge in [0.2, 0.25) is 0 Å². The molecule has 0 spiro atoms. The minimum atomic E-state index is 0.532. The first-order valence-corrected chi connectivity index (χ1v) is 4.82. The molecule has 4 N–H and O–H groups in total. The molecule has 0 aliphatic carbocycles. The van der Waals surface area contributed by atoms with Gasteiger partial charge in [0.1, 0.15) is 5.82 Å². The first kappa shape index (κ1) is 9.51. The summed E-state index contributed by atoms with van der Waals surface area (Å²) in [6, 6.07) is 5.69. The van der Waals surface area contributed by atoms with Gasteiger partial charge in [0.15, 0.2) is 5.82 Å². The van der Waals surface area contributed by atoms with Crippen LogP contribution in [0.4, 0.5) is 11.6 Å². The Kier molecular flexibility index (Phi) is 2.53. The predicted molar refractivity (Wildman–Crippen MR) is 60.4 cm³/mol. The zero-order valence-electron chi connectivity index (χ0n) is 8.49. The van der Waals surface area contributed by atoms with Crippen LogP contribution >= 0.6 is 0 Å². The first-order chi connectivity index (χ1) is 7.33. The van der Waals surface area contributed by atoms with E-state index in [0.717, 1.165) is 23.6 Å². The Balaban J connectivity index is 2.47. The number of H-pyrrole nitrogens is 1. The number of nitrogens with zero attached hydrogens (tertiary/aromatic N) is 2. The molecule has 0 saturated carbocycles. The van der Waals surface area contributed by atoms with Crippen molar-refractivity contribution in [3.63, 3.8) is 0 Å². The van der Waals surface area contributed by atoms with E-state index in [2.05, 4.69) is 20.5 Å². The van der Waals surface area contributed by atoms with Crippen LogP contribution in [0, 0.1) is 0 Å². The Morgan fingerprint density at radius 2 is 2.33 bits per heavy atom. The summed E-state index contributed by atoms with van der Waals surface area (Å²) in [6.45, 7) is 2.80. The molecule has 78 valence electrons. The van der Waals surface area contributed by atoms with Gasteiger partial charge in [-0.25, -0.2) is 0 Å². The zero-order valence-corrected chi connectivity index (χ0v) is 8.49. The molecule has 0 aliphatic rings. The lowest BCUT2D eigenvalue weighted by Crippen LogP contribution is -1.99. The van der Waals surface area contributed by atoms with Gasteiger partial charge in [0.25, 0.3) is 0 Å². The molecule has 0 radical (unpaired) electrons. The lowest BCUT2D eigenvalue weighted by Gasteiger charge is -2.03. The van der Waals surface area contributed by atoms with Crippen LogP contribution in [0.15, 0.2) is 24.4 Å². The summed E-state index contributed by atoms with van der Waals surface area (Å²) in [6.07, 6.45) is 1.73. The molecule has 0 aromatic carbocycles. The van der Waals surface area contributed by atoms with Crippen LogP contribution in [0.1, 0.15) is 6.92 Å². The maximum Gasteiger partial charge on any atom is 0.159 e. The summed E-state index contributed by atoms with van der Waals surface area (Å²) in [5, 5.41) is 9.96. The number of anilines is 2. The summed E-state index contributed by atoms with van der Waals surface area (Å²) in [4.78, 5) is 4.24. The van der Waals surface area contributed by atoms with Crippen LogP contribution in [0.25, 0.3) is 11.3 Å². The van der Waals surface area contributed by atoms with Gasteiger partial charge in [-0.2, -0.15) is 5.10 Å². The summed E-state index contributed by atoms with van der Waals surface area (Å²) in [5.41, 5.74) is 7.46. The second-order valence-electron chi connectivity index (χ2n) is 3.11. The van der Waals surface area contributed by atoms with Gasteiger partial charge in [0, 0.05) is 12.7 Å². The molecule has 0 amide bonds. The van der Waals surface area contributed by atoms with Crippen LogP contribution in [0.5, 0.6) is 0 Å². The van der Waals surface area contributed by atoms with Crippen LogP contribution in [0.2, 0.25) is 0 Å². The molecule has 15 heavy (non-hydrogen) atoms. The van der Waals surface area contributed by atoms with Crippen molar-refractivity contribution in [1.82, 2.24) is 15.2 Å². The monoisotopic (exact) mass is 203 g/mol. The first-order valence-electron chi connectivity index (χ1n) is 4.82. The van der Waals surface area contributed by atoms with E-state index in [1.165, 1.54) is 0 Å². The smallest absolute Gasteiger partial charge is 0.159 e. The highest BCUT2D eigenvalue weighted by Crippen LogP contribution is 2.29. The maximum atomic E-state index is 5.81. The van der Waals surface area contributed by atoms with E-state index in [1.54, 1.807) is 6.20 Å². The molecular formula is C10H13N5. The molecule has 5 heteroatoms. The Morgan fingerprint density at radius 1 is 1.47 bits per heavy atom. The summed E-state index contributed by atoms with van der Waals surface area (Å²) in [7, 11) is 0. The summed E-state index contributed by atoms with van der Waals surface area (Å²) >= 11 is 0. The fourth-order valence-corrected chi connectivity index (χ4v) is 1.42. The molecule has 5 nitrogen and oxygen atoms in total. The molecule has 2 rings (SSSR count). The van der Waals surface area contributed by atoms with Crippen molar-refractivity contribution in [2.45, 2.75) is 6.92 Å². The minimum absolute atomic E-state index is 0.532. The number of aromatic amines is 1. The molecule has 2 heterocycles. The third-order valence-electron chi connectivity index (χ3n) is 2.06. The number of aromatic nitrogens is 3. The number of nitrogens with one attached hydrogen (secondary N) is 2. The predicted octanol–water partition coefficient (Wildman–Crippen LogP) is 1.49. The highest BCUT2D eigenvalue weighted by molar-refractivity contribution is 5.81. The van der Waals surface area contributed by atoms with Crippen molar-refractivity contribution in [3.05, 3.63) is 24.4 Å². The Labute approximate surface area is 87.7 Å².